The highest BCUT2D eigenvalue weighted by Crippen LogP contribution is 2.33. The van der Waals surface area contributed by atoms with Crippen LogP contribution in [0.5, 0.6) is 0 Å². The van der Waals surface area contributed by atoms with E-state index in [0.29, 0.717) is 16.5 Å². The van der Waals surface area contributed by atoms with Crippen LogP contribution in [0.1, 0.15) is 44.2 Å². The van der Waals surface area contributed by atoms with Gasteiger partial charge in [-0.1, -0.05) is 24.3 Å². The largest absolute Gasteiger partial charge is 0.455 e. The molecule has 29 heavy (non-hydrogen) atoms. The Hall–Kier alpha value is -2.96. The Morgan fingerprint density at radius 2 is 1.97 bits per heavy atom. The molecule has 7 heteroatoms. The average Bonchev–Trinajstić information content (AvgIpc) is 3.56. The molecule has 0 N–H and O–H groups in total. The van der Waals surface area contributed by atoms with E-state index in [1.54, 1.807) is 31.3 Å². The number of aryl methyl sites for hydroxylation is 1. The van der Waals surface area contributed by atoms with Crippen molar-refractivity contribution < 1.29 is 14.3 Å². The minimum absolute atomic E-state index is 0.0892. The first kappa shape index (κ1) is 19.4. The fraction of sp³-hybridized carbons (Fsp3) is 0.455. The van der Waals surface area contributed by atoms with Gasteiger partial charge in [0.15, 0.2) is 6.61 Å². The van der Waals surface area contributed by atoms with Crippen molar-refractivity contribution in [2.45, 2.75) is 51.0 Å². The highest BCUT2D eigenvalue weighted by Gasteiger charge is 2.35. The summed E-state index contributed by atoms with van der Waals surface area (Å²) in [7, 11) is 1.55. The summed E-state index contributed by atoms with van der Waals surface area (Å²) in [6.45, 7) is -0.267. The number of ether oxygens (including phenoxy) is 1. The van der Waals surface area contributed by atoms with Crippen LogP contribution in [0.2, 0.25) is 0 Å². The smallest absolute Gasteiger partial charge is 0.312 e. The molecular weight excluding hydrogens is 370 g/mol. The Balaban J connectivity index is 1.43. The summed E-state index contributed by atoms with van der Waals surface area (Å²) in [5, 5.41) is 5.35. The summed E-state index contributed by atoms with van der Waals surface area (Å²) in [5.41, 5.74) is 1.33. The summed E-state index contributed by atoms with van der Waals surface area (Å²) in [5.74, 6) is -0.685. The van der Waals surface area contributed by atoms with Crippen LogP contribution in [0.3, 0.4) is 0 Å². The predicted octanol–water partition coefficient (Wildman–Crippen LogP) is 2.47. The molecule has 0 aliphatic heterocycles. The fourth-order valence-electron chi connectivity index (χ4n) is 3.88. The number of carbonyl (C=O) groups is 2. The lowest BCUT2D eigenvalue weighted by molar-refractivity contribution is -0.151. The number of esters is 1. The van der Waals surface area contributed by atoms with Crippen molar-refractivity contribution in [3.05, 3.63) is 52.1 Å². The first-order chi connectivity index (χ1) is 14.0. The third-order valence-corrected chi connectivity index (χ3v) is 5.46. The van der Waals surface area contributed by atoms with Crippen molar-refractivity contribution in [2.24, 2.45) is 7.05 Å². The standard InChI is InChI=1S/C22H25N3O4/c1-24-22(28)18-10-6-5-9-17(18)19(23-24)13-21(27)29-14-20(26)25(16-11-12-16)15-7-3-2-4-8-15/h5-7,9-10,16H,2-4,8,11-14H2,1H3. The first-order valence-corrected chi connectivity index (χ1v) is 10.2. The summed E-state index contributed by atoms with van der Waals surface area (Å²) in [4.78, 5) is 39.2. The maximum absolute atomic E-state index is 12.7. The molecule has 1 amide bonds. The van der Waals surface area contributed by atoms with Gasteiger partial charge < -0.3 is 9.64 Å². The number of hydrogen-bond acceptors (Lipinski definition) is 5. The third-order valence-electron chi connectivity index (χ3n) is 5.46. The number of carbonyl (C=O) groups excluding carboxylic acids is 2. The third kappa shape index (κ3) is 4.23. The molecule has 0 atom stereocenters. The topological polar surface area (TPSA) is 81.5 Å². The molecule has 0 bridgehead atoms. The van der Waals surface area contributed by atoms with Gasteiger partial charge in [0.05, 0.1) is 17.5 Å². The van der Waals surface area contributed by atoms with Crippen molar-refractivity contribution in [1.29, 1.82) is 0 Å². The summed E-state index contributed by atoms with van der Waals surface area (Å²) < 4.78 is 6.51. The molecule has 1 aromatic carbocycles. The Kier molecular flexibility index (Phi) is 5.47. The fourth-order valence-corrected chi connectivity index (χ4v) is 3.88. The molecule has 1 fully saturated rings. The van der Waals surface area contributed by atoms with Crippen molar-refractivity contribution in [2.75, 3.05) is 6.61 Å². The van der Waals surface area contributed by atoms with Gasteiger partial charge >= 0.3 is 5.97 Å². The molecule has 2 aliphatic rings. The molecule has 1 saturated carbocycles. The number of rotatable bonds is 6. The van der Waals surface area contributed by atoms with Crippen LogP contribution in [0.4, 0.5) is 0 Å². The van der Waals surface area contributed by atoms with Crippen LogP contribution in [0.25, 0.3) is 10.8 Å². The van der Waals surface area contributed by atoms with Crippen LogP contribution in [0.15, 0.2) is 40.8 Å². The van der Waals surface area contributed by atoms with E-state index >= 15 is 0 Å². The van der Waals surface area contributed by atoms with E-state index in [4.69, 9.17) is 4.74 Å². The van der Waals surface area contributed by atoms with E-state index in [-0.39, 0.29) is 30.5 Å². The van der Waals surface area contributed by atoms with Gasteiger partial charge in [-0.25, -0.2) is 4.68 Å². The molecule has 7 nitrogen and oxygen atoms in total. The molecule has 0 spiro atoms. The summed E-state index contributed by atoms with van der Waals surface area (Å²) in [6, 6.07) is 7.30. The van der Waals surface area contributed by atoms with Crippen LogP contribution in [-0.2, 0) is 27.8 Å². The van der Waals surface area contributed by atoms with E-state index in [1.807, 2.05) is 4.90 Å². The molecule has 0 unspecified atom stereocenters. The van der Waals surface area contributed by atoms with Gasteiger partial charge in [0.1, 0.15) is 0 Å². The highest BCUT2D eigenvalue weighted by molar-refractivity contribution is 5.88. The number of benzene rings is 1. The molecule has 1 heterocycles. The van der Waals surface area contributed by atoms with Gasteiger partial charge in [-0.3, -0.25) is 14.4 Å². The second-order valence-electron chi connectivity index (χ2n) is 7.69. The zero-order valence-electron chi connectivity index (χ0n) is 16.6. The second-order valence-corrected chi connectivity index (χ2v) is 7.69. The molecule has 2 aromatic rings. The number of fused-ring (bicyclic) bond motifs is 1. The SMILES string of the molecule is Cn1nc(CC(=O)OCC(=O)N(C2=CCCCC2)C2CC2)c2ccccc2c1=O. The number of allylic oxidation sites excluding steroid dienone is 2. The van der Waals surface area contributed by atoms with E-state index in [1.165, 1.54) is 4.68 Å². The van der Waals surface area contributed by atoms with Crippen molar-refractivity contribution in [3.63, 3.8) is 0 Å². The zero-order chi connectivity index (χ0) is 20.4. The van der Waals surface area contributed by atoms with Gasteiger partial charge in [-0.05, 0) is 44.6 Å². The van der Waals surface area contributed by atoms with E-state index in [0.717, 1.165) is 44.2 Å². The molecule has 0 radical (unpaired) electrons. The average molecular weight is 395 g/mol. The minimum atomic E-state index is -0.525. The van der Waals surface area contributed by atoms with Crippen molar-refractivity contribution >= 4 is 22.6 Å². The molecule has 0 saturated heterocycles. The molecule has 152 valence electrons. The lowest BCUT2D eigenvalue weighted by atomic mass is 10.0. The molecule has 1 aromatic heterocycles. The van der Waals surface area contributed by atoms with E-state index < -0.39 is 5.97 Å². The summed E-state index contributed by atoms with van der Waals surface area (Å²) >= 11 is 0. The molecule has 2 aliphatic carbocycles. The molecular formula is C22H25N3O4. The van der Waals surface area contributed by atoms with Crippen LogP contribution >= 0.6 is 0 Å². The van der Waals surface area contributed by atoms with Gasteiger partial charge in [0, 0.05) is 24.2 Å². The van der Waals surface area contributed by atoms with Gasteiger partial charge in [-0.2, -0.15) is 5.10 Å². The minimum Gasteiger partial charge on any atom is -0.455 e. The van der Waals surface area contributed by atoms with Crippen molar-refractivity contribution in [3.8, 4) is 0 Å². The van der Waals surface area contributed by atoms with Crippen molar-refractivity contribution in [1.82, 2.24) is 14.7 Å². The maximum Gasteiger partial charge on any atom is 0.312 e. The highest BCUT2D eigenvalue weighted by atomic mass is 16.5. The summed E-state index contributed by atoms with van der Waals surface area (Å²) in [6.07, 6.45) is 8.21. The monoisotopic (exact) mass is 395 g/mol. The normalized spacial score (nSPS) is 16.4. The van der Waals surface area contributed by atoms with Gasteiger partial charge in [-0.15, -0.1) is 0 Å². The number of hydrogen-bond donors (Lipinski definition) is 0. The Bertz CT molecular complexity index is 1040. The quantitative estimate of drug-likeness (QED) is 0.702. The van der Waals surface area contributed by atoms with Crippen LogP contribution in [0, 0.1) is 0 Å². The van der Waals surface area contributed by atoms with Crippen LogP contribution in [-0.4, -0.2) is 39.2 Å². The number of nitrogens with zero attached hydrogens (tertiary/aromatic N) is 3. The number of aromatic nitrogens is 2. The zero-order valence-corrected chi connectivity index (χ0v) is 16.6. The Morgan fingerprint density at radius 3 is 2.66 bits per heavy atom. The predicted molar refractivity (Wildman–Crippen MR) is 108 cm³/mol. The van der Waals surface area contributed by atoms with E-state index in [9.17, 15) is 14.4 Å². The lowest BCUT2D eigenvalue weighted by Crippen LogP contribution is -2.36. The Morgan fingerprint density at radius 1 is 1.21 bits per heavy atom. The van der Waals surface area contributed by atoms with Gasteiger partial charge in [0.2, 0.25) is 0 Å². The maximum atomic E-state index is 12.7. The van der Waals surface area contributed by atoms with Gasteiger partial charge in [0.25, 0.3) is 11.5 Å². The lowest BCUT2D eigenvalue weighted by Gasteiger charge is -2.27. The first-order valence-electron chi connectivity index (χ1n) is 10.2. The van der Waals surface area contributed by atoms with Crippen LogP contribution < -0.4 is 5.56 Å². The Labute approximate surface area is 168 Å². The number of amides is 1. The second kappa shape index (κ2) is 8.19. The molecule has 4 rings (SSSR count). The van der Waals surface area contributed by atoms with E-state index in [2.05, 4.69) is 11.2 Å².